The highest BCUT2D eigenvalue weighted by Crippen LogP contribution is 2.05. The molecule has 0 amide bonds. The van der Waals surface area contributed by atoms with E-state index in [1.807, 2.05) is 0 Å². The molecule has 1 saturated heterocycles. The Balaban J connectivity index is 0.00000576. The van der Waals surface area contributed by atoms with Crippen LogP contribution in [0.5, 0.6) is 0 Å². The molecule has 0 aromatic rings. The average Bonchev–Trinajstić information content (AvgIpc) is 2.55. The quantitative estimate of drug-likeness (QED) is 0.208. The SMILES string of the molecule is CCNC(=NCC1CN(C)CCN1C)NCCN(C)CCCOC.I. The maximum Gasteiger partial charge on any atom is 0.191 e. The van der Waals surface area contributed by atoms with E-state index in [0.717, 1.165) is 71.3 Å². The minimum atomic E-state index is 0. The predicted octanol–water partition coefficient (Wildman–Crippen LogP) is 0.374. The number of piperazine rings is 1. The number of aliphatic imine (C=N–C) groups is 1. The Labute approximate surface area is 171 Å². The van der Waals surface area contributed by atoms with Gasteiger partial charge in [-0.05, 0) is 34.5 Å². The lowest BCUT2D eigenvalue weighted by Gasteiger charge is -2.36. The van der Waals surface area contributed by atoms with E-state index >= 15 is 0 Å². The monoisotopic (exact) mass is 470 g/mol. The number of likely N-dealkylation sites (N-methyl/N-ethyl adjacent to an activating group) is 3. The molecule has 1 atom stereocenters. The number of hydrogen-bond donors (Lipinski definition) is 2. The molecule has 8 heteroatoms. The maximum atomic E-state index is 5.09. The van der Waals surface area contributed by atoms with E-state index < -0.39 is 0 Å². The molecule has 0 aromatic carbocycles. The van der Waals surface area contributed by atoms with E-state index in [1.165, 1.54) is 0 Å². The smallest absolute Gasteiger partial charge is 0.191 e. The molecule has 1 rings (SSSR count). The number of halogens is 1. The van der Waals surface area contributed by atoms with Crippen LogP contribution in [-0.4, -0.2) is 114 Å². The topological polar surface area (TPSA) is 55.4 Å². The fourth-order valence-corrected chi connectivity index (χ4v) is 2.79. The summed E-state index contributed by atoms with van der Waals surface area (Å²) in [4.78, 5) is 11.9. The van der Waals surface area contributed by atoms with Gasteiger partial charge in [0.25, 0.3) is 0 Å². The third kappa shape index (κ3) is 11.2. The van der Waals surface area contributed by atoms with Crippen LogP contribution < -0.4 is 10.6 Å². The van der Waals surface area contributed by atoms with Gasteiger partial charge in [-0.25, -0.2) is 0 Å². The normalized spacial score (nSPS) is 19.8. The van der Waals surface area contributed by atoms with Crippen molar-refractivity contribution in [3.8, 4) is 0 Å². The Bertz CT molecular complexity index is 358. The van der Waals surface area contributed by atoms with Gasteiger partial charge >= 0.3 is 0 Å². The van der Waals surface area contributed by atoms with E-state index in [9.17, 15) is 0 Å². The molecule has 25 heavy (non-hydrogen) atoms. The lowest BCUT2D eigenvalue weighted by molar-refractivity contribution is 0.119. The van der Waals surface area contributed by atoms with Crippen LogP contribution in [0.3, 0.4) is 0 Å². The fourth-order valence-electron chi connectivity index (χ4n) is 2.79. The van der Waals surface area contributed by atoms with E-state index in [0.29, 0.717) is 6.04 Å². The van der Waals surface area contributed by atoms with Gasteiger partial charge in [-0.15, -0.1) is 24.0 Å². The molecule has 2 N–H and O–H groups in total. The Kier molecular flexibility index (Phi) is 14.9. The maximum absolute atomic E-state index is 5.09. The first-order chi connectivity index (χ1) is 11.6. The first-order valence-corrected chi connectivity index (χ1v) is 9.15. The third-order valence-corrected chi connectivity index (χ3v) is 4.46. The van der Waals surface area contributed by atoms with Crippen LogP contribution in [0, 0.1) is 0 Å². The second-order valence-corrected chi connectivity index (χ2v) is 6.69. The summed E-state index contributed by atoms with van der Waals surface area (Å²) < 4.78 is 5.09. The van der Waals surface area contributed by atoms with Crippen molar-refractivity contribution < 1.29 is 4.74 Å². The highest BCUT2D eigenvalue weighted by molar-refractivity contribution is 14.0. The molecule has 0 radical (unpaired) electrons. The van der Waals surface area contributed by atoms with Crippen molar-refractivity contribution in [2.75, 3.05) is 87.2 Å². The summed E-state index contributed by atoms with van der Waals surface area (Å²) >= 11 is 0. The Morgan fingerprint density at radius 1 is 1.24 bits per heavy atom. The van der Waals surface area contributed by atoms with E-state index in [4.69, 9.17) is 9.73 Å². The van der Waals surface area contributed by atoms with Crippen molar-refractivity contribution in [3.05, 3.63) is 0 Å². The minimum absolute atomic E-state index is 0. The number of hydrogen-bond acceptors (Lipinski definition) is 5. The zero-order valence-corrected chi connectivity index (χ0v) is 19.1. The van der Waals surface area contributed by atoms with Crippen LogP contribution >= 0.6 is 24.0 Å². The first-order valence-electron chi connectivity index (χ1n) is 9.15. The standard InChI is InChI=1S/C17H38N6O.HI/c1-6-18-17(19-8-10-21(2)9-7-13-24-5)20-14-16-15-22(3)11-12-23(16)4;/h16H,6-15H2,1-5H3,(H2,18,19,20);1H. The van der Waals surface area contributed by atoms with Crippen LogP contribution in [0.1, 0.15) is 13.3 Å². The second kappa shape index (κ2) is 15.0. The summed E-state index contributed by atoms with van der Waals surface area (Å²) in [6, 6.07) is 0.496. The largest absolute Gasteiger partial charge is 0.385 e. The van der Waals surface area contributed by atoms with Gasteiger partial charge in [0.15, 0.2) is 5.96 Å². The molecule has 0 aromatic heterocycles. The van der Waals surface area contributed by atoms with Gasteiger partial charge < -0.3 is 25.2 Å². The van der Waals surface area contributed by atoms with Crippen molar-refractivity contribution >= 4 is 29.9 Å². The molecule has 1 aliphatic heterocycles. The number of methoxy groups -OCH3 is 1. The Morgan fingerprint density at radius 2 is 2.00 bits per heavy atom. The zero-order valence-electron chi connectivity index (χ0n) is 16.8. The fraction of sp³-hybridized carbons (Fsp3) is 0.941. The molecule has 1 unspecified atom stereocenters. The molecule has 0 saturated carbocycles. The second-order valence-electron chi connectivity index (χ2n) is 6.69. The Hall–Kier alpha value is -0.160. The average molecular weight is 470 g/mol. The number of nitrogens with one attached hydrogen (secondary N) is 2. The number of ether oxygens (including phenoxy) is 1. The van der Waals surface area contributed by atoms with Gasteiger partial charge in [0, 0.05) is 65.6 Å². The van der Waals surface area contributed by atoms with E-state index in [1.54, 1.807) is 7.11 Å². The third-order valence-electron chi connectivity index (χ3n) is 4.46. The van der Waals surface area contributed by atoms with Crippen molar-refractivity contribution in [2.45, 2.75) is 19.4 Å². The predicted molar refractivity (Wildman–Crippen MR) is 117 cm³/mol. The van der Waals surface area contributed by atoms with Crippen molar-refractivity contribution in [1.29, 1.82) is 0 Å². The molecule has 1 fully saturated rings. The summed E-state index contributed by atoms with van der Waals surface area (Å²) in [6.45, 7) is 11.0. The van der Waals surface area contributed by atoms with Crippen LogP contribution in [0.2, 0.25) is 0 Å². The molecule has 1 heterocycles. The molecular formula is C17H39IN6O. The molecular weight excluding hydrogens is 431 g/mol. The van der Waals surface area contributed by atoms with Gasteiger partial charge in [0.05, 0.1) is 6.54 Å². The molecule has 150 valence electrons. The zero-order chi connectivity index (χ0) is 17.8. The highest BCUT2D eigenvalue weighted by atomic mass is 127. The molecule has 0 aliphatic carbocycles. The van der Waals surface area contributed by atoms with Crippen LogP contribution in [-0.2, 0) is 4.74 Å². The van der Waals surface area contributed by atoms with Gasteiger partial charge in [-0.2, -0.15) is 0 Å². The van der Waals surface area contributed by atoms with Crippen molar-refractivity contribution in [2.24, 2.45) is 4.99 Å². The lowest BCUT2D eigenvalue weighted by atomic mass is 10.2. The molecule has 0 bridgehead atoms. The van der Waals surface area contributed by atoms with Gasteiger partial charge in [0.1, 0.15) is 0 Å². The van der Waals surface area contributed by atoms with Crippen LogP contribution in [0.15, 0.2) is 4.99 Å². The van der Waals surface area contributed by atoms with Crippen LogP contribution in [0.4, 0.5) is 0 Å². The van der Waals surface area contributed by atoms with Gasteiger partial charge in [-0.3, -0.25) is 9.89 Å². The first kappa shape index (κ1) is 24.8. The summed E-state index contributed by atoms with van der Waals surface area (Å²) in [5.41, 5.74) is 0. The minimum Gasteiger partial charge on any atom is -0.385 e. The number of nitrogens with zero attached hydrogens (tertiary/aromatic N) is 4. The summed E-state index contributed by atoms with van der Waals surface area (Å²) in [7, 11) is 8.28. The van der Waals surface area contributed by atoms with E-state index in [-0.39, 0.29) is 24.0 Å². The molecule has 0 spiro atoms. The van der Waals surface area contributed by atoms with E-state index in [2.05, 4.69) is 53.4 Å². The van der Waals surface area contributed by atoms with Crippen molar-refractivity contribution in [1.82, 2.24) is 25.3 Å². The van der Waals surface area contributed by atoms with Crippen LogP contribution in [0.25, 0.3) is 0 Å². The summed E-state index contributed by atoms with van der Waals surface area (Å²) in [6.07, 6.45) is 1.07. The summed E-state index contributed by atoms with van der Waals surface area (Å²) in [5.74, 6) is 0.921. The van der Waals surface area contributed by atoms with Gasteiger partial charge in [-0.1, -0.05) is 0 Å². The lowest BCUT2D eigenvalue weighted by Crippen LogP contribution is -2.51. The highest BCUT2D eigenvalue weighted by Gasteiger charge is 2.21. The van der Waals surface area contributed by atoms with Crippen molar-refractivity contribution in [3.63, 3.8) is 0 Å². The summed E-state index contributed by atoms with van der Waals surface area (Å²) in [5, 5.41) is 6.78. The molecule has 1 aliphatic rings. The number of rotatable bonds is 10. The Morgan fingerprint density at radius 3 is 2.68 bits per heavy atom. The number of guanidine groups is 1. The van der Waals surface area contributed by atoms with Gasteiger partial charge in [0.2, 0.25) is 0 Å². The molecule has 7 nitrogen and oxygen atoms in total.